The van der Waals surface area contributed by atoms with Crippen molar-refractivity contribution >= 4 is 18.3 Å². The summed E-state index contributed by atoms with van der Waals surface area (Å²) in [5.41, 5.74) is 5.49. The van der Waals surface area contributed by atoms with Crippen LogP contribution in [0.1, 0.15) is 51.9 Å². The van der Waals surface area contributed by atoms with Gasteiger partial charge in [-0.05, 0) is 19.8 Å². The summed E-state index contributed by atoms with van der Waals surface area (Å²) in [7, 11) is 0. The number of carbonyl (C=O) groups is 1. The van der Waals surface area contributed by atoms with Gasteiger partial charge in [-0.15, -0.1) is 12.4 Å². The van der Waals surface area contributed by atoms with Crippen LogP contribution in [-0.4, -0.2) is 18.5 Å². The Morgan fingerprint density at radius 3 is 2.25 bits per heavy atom. The van der Waals surface area contributed by atoms with Gasteiger partial charge in [0.15, 0.2) is 0 Å². The molecule has 1 aliphatic rings. The van der Waals surface area contributed by atoms with Gasteiger partial charge >= 0.3 is 0 Å². The van der Waals surface area contributed by atoms with Gasteiger partial charge in [0.25, 0.3) is 0 Å². The molecule has 0 spiro atoms. The van der Waals surface area contributed by atoms with Gasteiger partial charge in [-0.3, -0.25) is 4.79 Å². The summed E-state index contributed by atoms with van der Waals surface area (Å²) < 4.78 is 0. The lowest BCUT2D eigenvalue weighted by molar-refractivity contribution is -0.126. The minimum absolute atomic E-state index is 0. The van der Waals surface area contributed by atoms with Crippen LogP contribution >= 0.6 is 12.4 Å². The lowest BCUT2D eigenvalue weighted by atomic mass is 9.90. The molecule has 0 unspecified atom stereocenters. The zero-order valence-corrected chi connectivity index (χ0v) is 11.0. The van der Waals surface area contributed by atoms with E-state index < -0.39 is 0 Å². The van der Waals surface area contributed by atoms with Crippen LogP contribution in [0.3, 0.4) is 0 Å². The molecule has 1 rings (SSSR count). The summed E-state index contributed by atoms with van der Waals surface area (Å²) in [6.07, 6.45) is 8.44. The van der Waals surface area contributed by atoms with Crippen molar-refractivity contribution in [2.75, 3.05) is 6.54 Å². The van der Waals surface area contributed by atoms with E-state index in [4.69, 9.17) is 5.73 Å². The Hall–Kier alpha value is -0.280. The fourth-order valence-electron chi connectivity index (χ4n) is 2.14. The van der Waals surface area contributed by atoms with E-state index in [0.717, 1.165) is 12.8 Å². The van der Waals surface area contributed by atoms with Gasteiger partial charge in [-0.2, -0.15) is 0 Å². The third-order valence-electron chi connectivity index (χ3n) is 3.22. The number of hydrogen-bond donors (Lipinski definition) is 2. The molecule has 1 saturated carbocycles. The van der Waals surface area contributed by atoms with Crippen LogP contribution in [-0.2, 0) is 4.79 Å². The first-order valence-corrected chi connectivity index (χ1v) is 6.24. The summed E-state index contributed by atoms with van der Waals surface area (Å²) in [6.45, 7) is 2.49. The first kappa shape index (κ1) is 15.7. The van der Waals surface area contributed by atoms with Gasteiger partial charge in [0.2, 0.25) is 5.91 Å². The van der Waals surface area contributed by atoms with Crippen molar-refractivity contribution in [3.8, 4) is 0 Å². The smallest absolute Gasteiger partial charge is 0.223 e. The zero-order valence-electron chi connectivity index (χ0n) is 10.2. The molecule has 96 valence electrons. The van der Waals surface area contributed by atoms with Crippen molar-refractivity contribution in [1.29, 1.82) is 0 Å². The maximum atomic E-state index is 11.9. The molecule has 0 bridgehead atoms. The van der Waals surface area contributed by atoms with Crippen LogP contribution in [0.2, 0.25) is 0 Å². The molecule has 0 aromatic rings. The molecule has 16 heavy (non-hydrogen) atoms. The summed E-state index contributed by atoms with van der Waals surface area (Å²) >= 11 is 0. The third kappa shape index (κ3) is 5.71. The van der Waals surface area contributed by atoms with E-state index in [2.05, 4.69) is 5.32 Å². The van der Waals surface area contributed by atoms with Gasteiger partial charge in [-0.25, -0.2) is 0 Å². The van der Waals surface area contributed by atoms with Gasteiger partial charge in [0, 0.05) is 18.5 Å². The van der Waals surface area contributed by atoms with Crippen molar-refractivity contribution in [3.05, 3.63) is 0 Å². The minimum Gasteiger partial charge on any atom is -0.352 e. The van der Waals surface area contributed by atoms with Gasteiger partial charge in [-0.1, -0.05) is 32.1 Å². The molecule has 1 amide bonds. The quantitative estimate of drug-likeness (QED) is 0.805. The Labute approximate surface area is 105 Å². The Balaban J connectivity index is 0.00000225. The van der Waals surface area contributed by atoms with Gasteiger partial charge in [0.1, 0.15) is 0 Å². The molecular formula is C12H25ClN2O. The van der Waals surface area contributed by atoms with E-state index in [1.54, 1.807) is 0 Å². The second-order valence-corrected chi connectivity index (χ2v) is 4.69. The van der Waals surface area contributed by atoms with Gasteiger partial charge < -0.3 is 11.1 Å². The predicted molar refractivity (Wildman–Crippen MR) is 69.7 cm³/mol. The molecule has 0 heterocycles. The molecule has 3 N–H and O–H groups in total. The molecular weight excluding hydrogens is 224 g/mol. The van der Waals surface area contributed by atoms with Gasteiger partial charge in [0.05, 0.1) is 0 Å². The largest absolute Gasteiger partial charge is 0.352 e. The van der Waals surface area contributed by atoms with Crippen molar-refractivity contribution in [2.24, 2.45) is 11.7 Å². The molecule has 1 atom stereocenters. The highest BCUT2D eigenvalue weighted by atomic mass is 35.5. The number of hydrogen-bond acceptors (Lipinski definition) is 2. The standard InChI is InChI=1S/C12H24N2O.ClH/c1-10(9-13)14-12(15)11-7-5-3-2-4-6-8-11;/h10-11H,2-9,13H2,1H3,(H,14,15);1H/t10-;/m0./s1. The maximum absolute atomic E-state index is 11.9. The lowest BCUT2D eigenvalue weighted by Crippen LogP contribution is -2.41. The molecule has 0 aliphatic heterocycles. The number of nitrogens with two attached hydrogens (primary N) is 1. The molecule has 1 fully saturated rings. The van der Waals surface area contributed by atoms with Crippen LogP contribution in [0.4, 0.5) is 0 Å². The van der Waals surface area contributed by atoms with E-state index in [1.807, 2.05) is 6.92 Å². The molecule has 0 saturated heterocycles. The van der Waals surface area contributed by atoms with E-state index >= 15 is 0 Å². The molecule has 4 heteroatoms. The molecule has 1 aliphatic carbocycles. The first-order valence-electron chi connectivity index (χ1n) is 6.24. The maximum Gasteiger partial charge on any atom is 0.223 e. The first-order chi connectivity index (χ1) is 7.24. The van der Waals surface area contributed by atoms with Crippen molar-refractivity contribution < 1.29 is 4.79 Å². The normalized spacial score (nSPS) is 20.1. The van der Waals surface area contributed by atoms with E-state index in [0.29, 0.717) is 6.54 Å². The number of nitrogens with one attached hydrogen (secondary N) is 1. The van der Waals surface area contributed by atoms with Crippen LogP contribution < -0.4 is 11.1 Å². The topological polar surface area (TPSA) is 55.1 Å². The highest BCUT2D eigenvalue weighted by molar-refractivity contribution is 5.85. The van der Waals surface area contributed by atoms with E-state index in [9.17, 15) is 4.79 Å². The average Bonchev–Trinajstić information content (AvgIpc) is 2.16. The molecule has 3 nitrogen and oxygen atoms in total. The SMILES string of the molecule is C[C@@H](CN)NC(=O)C1CCCCCCC1.Cl. The monoisotopic (exact) mass is 248 g/mol. The summed E-state index contributed by atoms with van der Waals surface area (Å²) in [5, 5.41) is 2.98. The zero-order chi connectivity index (χ0) is 11.1. The fraction of sp³-hybridized carbons (Fsp3) is 0.917. The number of carbonyl (C=O) groups excluding carboxylic acids is 1. The summed E-state index contributed by atoms with van der Waals surface area (Å²) in [4.78, 5) is 11.9. The molecule has 0 aromatic carbocycles. The Bertz CT molecular complexity index is 191. The summed E-state index contributed by atoms with van der Waals surface area (Å²) in [5.74, 6) is 0.453. The Kier molecular flexibility index (Phi) is 8.67. The number of halogens is 1. The highest BCUT2D eigenvalue weighted by Crippen LogP contribution is 2.22. The van der Waals surface area contributed by atoms with E-state index in [-0.39, 0.29) is 30.3 Å². The predicted octanol–water partition coefficient (Wildman–Crippen LogP) is 2.23. The Morgan fingerprint density at radius 1 is 1.25 bits per heavy atom. The highest BCUT2D eigenvalue weighted by Gasteiger charge is 2.19. The van der Waals surface area contributed by atoms with Crippen LogP contribution in [0.25, 0.3) is 0 Å². The average molecular weight is 249 g/mol. The van der Waals surface area contributed by atoms with Crippen LogP contribution in [0, 0.1) is 5.92 Å². The van der Waals surface area contributed by atoms with Crippen LogP contribution in [0.15, 0.2) is 0 Å². The van der Waals surface area contributed by atoms with Crippen molar-refractivity contribution in [3.63, 3.8) is 0 Å². The van der Waals surface area contributed by atoms with Crippen molar-refractivity contribution in [2.45, 2.75) is 57.9 Å². The van der Waals surface area contributed by atoms with E-state index in [1.165, 1.54) is 32.1 Å². The molecule has 0 radical (unpaired) electrons. The third-order valence-corrected chi connectivity index (χ3v) is 3.22. The fourth-order valence-corrected chi connectivity index (χ4v) is 2.14. The minimum atomic E-state index is 0. The second kappa shape index (κ2) is 8.82. The summed E-state index contributed by atoms with van der Waals surface area (Å²) in [6, 6.07) is 0.114. The molecule has 0 aromatic heterocycles. The number of rotatable bonds is 3. The van der Waals surface area contributed by atoms with Crippen LogP contribution in [0.5, 0.6) is 0 Å². The Morgan fingerprint density at radius 2 is 1.75 bits per heavy atom. The van der Waals surface area contributed by atoms with Crippen molar-refractivity contribution in [1.82, 2.24) is 5.32 Å². The number of amides is 1. The lowest BCUT2D eigenvalue weighted by Gasteiger charge is -2.21. The second-order valence-electron chi connectivity index (χ2n) is 4.69.